The molecule has 1 amide bonds. The maximum absolute atomic E-state index is 13.7. The second-order valence-electron chi connectivity index (χ2n) is 9.70. The van der Waals surface area contributed by atoms with Gasteiger partial charge in [0.2, 0.25) is 10.0 Å². The van der Waals surface area contributed by atoms with Gasteiger partial charge in [-0.2, -0.15) is 5.10 Å². The van der Waals surface area contributed by atoms with Gasteiger partial charge < -0.3 is 9.80 Å². The number of nitrogens with zero attached hydrogens (tertiary/aromatic N) is 5. The van der Waals surface area contributed by atoms with Crippen molar-refractivity contribution in [1.82, 2.24) is 19.5 Å². The second-order valence-corrected chi connectivity index (χ2v) is 12.4. The van der Waals surface area contributed by atoms with Crippen LogP contribution in [0.25, 0.3) is 5.65 Å². The lowest BCUT2D eigenvalue weighted by Crippen LogP contribution is -2.46. The quantitative estimate of drug-likeness (QED) is 0.506. The van der Waals surface area contributed by atoms with Crippen LogP contribution >= 0.6 is 15.9 Å². The number of anilines is 2. The van der Waals surface area contributed by atoms with Gasteiger partial charge in [0.05, 0.1) is 29.2 Å². The van der Waals surface area contributed by atoms with Crippen molar-refractivity contribution in [3.8, 4) is 0 Å². The maximum atomic E-state index is 13.7. The minimum atomic E-state index is -3.54. The van der Waals surface area contributed by atoms with Gasteiger partial charge in [-0.05, 0) is 50.3 Å². The van der Waals surface area contributed by atoms with E-state index >= 15 is 0 Å². The molecule has 1 N–H and O–H groups in total. The Morgan fingerprint density at radius 2 is 1.97 bits per heavy atom. The summed E-state index contributed by atoms with van der Waals surface area (Å²) < 4.78 is 28.8. The summed E-state index contributed by atoms with van der Waals surface area (Å²) in [5.41, 5.74) is 3.21. The van der Waals surface area contributed by atoms with Crippen LogP contribution < -0.4 is 9.62 Å². The number of amides is 1. The fraction of sp³-hybridized carbons (Fsp3) is 0.458. The smallest absolute Gasteiger partial charge is 0.256 e. The molecule has 0 saturated carbocycles. The number of hydrogen-bond donors (Lipinski definition) is 1. The van der Waals surface area contributed by atoms with E-state index in [2.05, 4.69) is 32.5 Å². The Morgan fingerprint density at radius 1 is 1.20 bits per heavy atom. The monoisotopic (exact) mass is 560 g/mol. The van der Waals surface area contributed by atoms with E-state index in [0.717, 1.165) is 61.3 Å². The molecule has 2 aliphatic rings. The van der Waals surface area contributed by atoms with Crippen LogP contribution in [0.3, 0.4) is 0 Å². The number of likely N-dealkylation sites (tertiary alicyclic amines) is 1. The summed E-state index contributed by atoms with van der Waals surface area (Å²) in [6.07, 6.45) is 5.73. The molecule has 3 aromatic rings. The number of halogens is 1. The third-order valence-corrected chi connectivity index (χ3v) is 7.68. The topological polar surface area (TPSA) is 99.9 Å². The van der Waals surface area contributed by atoms with E-state index in [1.54, 1.807) is 22.7 Å². The number of fused-ring (bicyclic) bond motifs is 1. The standard InChI is InChI=1S/C24H29BrN6O3S/c1-15-12-29(13-15)23-16(2)14-31-22(26-23)11-20(27-31)21-6-4-5-9-30(21)24(32)18-10-17(25)7-8-19(18)28-35(3,33)34/h7-8,10-11,14-15,21,28H,4-6,9,12-13H2,1-3H3/t21-/m0/s1. The first-order valence-electron chi connectivity index (χ1n) is 11.8. The molecule has 1 aromatic carbocycles. The van der Waals surface area contributed by atoms with Crippen molar-refractivity contribution in [1.29, 1.82) is 0 Å². The largest absolute Gasteiger partial charge is 0.356 e. The van der Waals surface area contributed by atoms with Crippen molar-refractivity contribution >= 4 is 49.0 Å². The zero-order chi connectivity index (χ0) is 24.9. The van der Waals surface area contributed by atoms with Crippen LogP contribution in [-0.4, -0.2) is 59.7 Å². The third kappa shape index (κ3) is 4.88. The summed E-state index contributed by atoms with van der Waals surface area (Å²) >= 11 is 3.42. The Kier molecular flexibility index (Phi) is 6.25. The lowest BCUT2D eigenvalue weighted by atomic mass is 9.98. The van der Waals surface area contributed by atoms with Crippen LogP contribution in [-0.2, 0) is 10.0 Å². The highest BCUT2D eigenvalue weighted by atomic mass is 79.9. The molecule has 0 unspecified atom stereocenters. The molecule has 5 rings (SSSR count). The van der Waals surface area contributed by atoms with E-state index in [9.17, 15) is 13.2 Å². The SMILES string of the molecule is Cc1cn2nc([C@@H]3CCCCN3C(=O)c3cc(Br)ccc3NS(C)(=O)=O)cc2nc1N1CC(C)C1. The molecule has 0 spiro atoms. The van der Waals surface area contributed by atoms with Gasteiger partial charge in [0.1, 0.15) is 5.82 Å². The van der Waals surface area contributed by atoms with Crippen LogP contribution in [0, 0.1) is 12.8 Å². The molecule has 0 bridgehead atoms. The molecule has 0 aliphatic carbocycles. The fourth-order valence-electron chi connectivity index (χ4n) is 4.99. The number of hydrogen-bond acceptors (Lipinski definition) is 6. The number of carbonyl (C=O) groups excluding carboxylic acids is 1. The molecule has 186 valence electrons. The van der Waals surface area contributed by atoms with E-state index < -0.39 is 10.0 Å². The van der Waals surface area contributed by atoms with Crippen LogP contribution in [0.2, 0.25) is 0 Å². The van der Waals surface area contributed by atoms with E-state index in [4.69, 9.17) is 10.1 Å². The molecule has 1 atom stereocenters. The van der Waals surface area contributed by atoms with Crippen LogP contribution in [0.4, 0.5) is 11.5 Å². The number of aryl methyl sites for hydroxylation is 1. The van der Waals surface area contributed by atoms with Crippen molar-refractivity contribution < 1.29 is 13.2 Å². The predicted molar refractivity (Wildman–Crippen MR) is 139 cm³/mol. The Bertz CT molecular complexity index is 1400. The zero-order valence-corrected chi connectivity index (χ0v) is 22.4. The van der Waals surface area contributed by atoms with E-state index in [1.807, 2.05) is 24.1 Å². The first-order chi connectivity index (χ1) is 16.6. The van der Waals surface area contributed by atoms with E-state index in [1.165, 1.54) is 0 Å². The highest BCUT2D eigenvalue weighted by Crippen LogP contribution is 2.34. The Morgan fingerprint density at radius 3 is 2.69 bits per heavy atom. The summed E-state index contributed by atoms with van der Waals surface area (Å²) in [7, 11) is -3.54. The number of benzene rings is 1. The van der Waals surface area contributed by atoms with Crippen molar-refractivity contribution in [2.24, 2.45) is 5.92 Å². The first-order valence-corrected chi connectivity index (χ1v) is 14.5. The molecule has 2 saturated heterocycles. The summed E-state index contributed by atoms with van der Waals surface area (Å²) in [6, 6.07) is 6.74. The van der Waals surface area contributed by atoms with Gasteiger partial charge in [0, 0.05) is 41.9 Å². The lowest BCUT2D eigenvalue weighted by molar-refractivity contribution is 0.0606. The molecule has 0 radical (unpaired) electrons. The number of aromatic nitrogens is 3. The molecular weight excluding hydrogens is 532 g/mol. The Labute approximate surface area is 213 Å². The lowest BCUT2D eigenvalue weighted by Gasteiger charge is -2.38. The number of rotatable bonds is 5. The highest BCUT2D eigenvalue weighted by Gasteiger charge is 2.33. The van der Waals surface area contributed by atoms with Crippen LogP contribution in [0.5, 0.6) is 0 Å². The molecule has 35 heavy (non-hydrogen) atoms. The van der Waals surface area contributed by atoms with Gasteiger partial charge in [-0.25, -0.2) is 17.9 Å². The van der Waals surface area contributed by atoms with Crippen molar-refractivity contribution in [3.63, 3.8) is 0 Å². The van der Waals surface area contributed by atoms with Gasteiger partial charge in [-0.1, -0.05) is 22.9 Å². The first kappa shape index (κ1) is 24.1. The molecule has 4 heterocycles. The minimum absolute atomic E-state index is 0.212. The molecule has 2 aromatic heterocycles. The van der Waals surface area contributed by atoms with Gasteiger partial charge in [-0.3, -0.25) is 9.52 Å². The van der Waals surface area contributed by atoms with Crippen LogP contribution in [0.1, 0.15) is 53.8 Å². The van der Waals surface area contributed by atoms with E-state index in [0.29, 0.717) is 22.5 Å². The molecule has 11 heteroatoms. The molecule has 2 aliphatic heterocycles. The number of carbonyl (C=O) groups is 1. The summed E-state index contributed by atoms with van der Waals surface area (Å²) in [5.74, 6) is 1.44. The number of sulfonamides is 1. The summed E-state index contributed by atoms with van der Waals surface area (Å²) in [6.45, 7) is 6.87. The predicted octanol–water partition coefficient (Wildman–Crippen LogP) is 4.00. The van der Waals surface area contributed by atoms with Gasteiger partial charge >= 0.3 is 0 Å². The molecule has 9 nitrogen and oxygen atoms in total. The van der Waals surface area contributed by atoms with Gasteiger partial charge in [-0.15, -0.1) is 0 Å². The summed E-state index contributed by atoms with van der Waals surface area (Å²) in [4.78, 5) is 22.7. The van der Waals surface area contributed by atoms with Crippen molar-refractivity contribution in [2.45, 2.75) is 39.2 Å². The average Bonchev–Trinajstić information content (AvgIpc) is 3.19. The Hall–Kier alpha value is -2.66. The average molecular weight is 562 g/mol. The van der Waals surface area contributed by atoms with Gasteiger partial charge in [0.25, 0.3) is 5.91 Å². The fourth-order valence-corrected chi connectivity index (χ4v) is 5.93. The zero-order valence-electron chi connectivity index (χ0n) is 20.0. The molecule has 2 fully saturated rings. The van der Waals surface area contributed by atoms with E-state index in [-0.39, 0.29) is 17.6 Å². The van der Waals surface area contributed by atoms with Crippen molar-refractivity contribution in [2.75, 3.05) is 35.5 Å². The maximum Gasteiger partial charge on any atom is 0.256 e. The number of piperidine rings is 1. The molecular formula is C24H29BrN6O3S. The number of nitrogens with one attached hydrogen (secondary N) is 1. The Balaban J connectivity index is 1.49. The second kappa shape index (κ2) is 9.09. The van der Waals surface area contributed by atoms with Gasteiger partial charge in [0.15, 0.2) is 5.65 Å². The highest BCUT2D eigenvalue weighted by molar-refractivity contribution is 9.10. The normalized spacial score (nSPS) is 19.1. The minimum Gasteiger partial charge on any atom is -0.356 e. The third-order valence-electron chi connectivity index (χ3n) is 6.60. The van der Waals surface area contributed by atoms with Crippen molar-refractivity contribution in [3.05, 3.63) is 51.8 Å². The van der Waals surface area contributed by atoms with Crippen LogP contribution in [0.15, 0.2) is 34.9 Å². The summed E-state index contributed by atoms with van der Waals surface area (Å²) in [5, 5.41) is 4.80.